The zero-order chi connectivity index (χ0) is 29.6. The molecule has 8 nitrogen and oxygen atoms in total. The van der Waals surface area contributed by atoms with E-state index in [2.05, 4.69) is 27.7 Å². The molecular formula is C34H42N4O4. The van der Waals surface area contributed by atoms with Gasteiger partial charge in [-0.15, -0.1) is 0 Å². The summed E-state index contributed by atoms with van der Waals surface area (Å²) < 4.78 is 0. The smallest absolute Gasteiger partial charge is 0.339 e. The number of unbranched alkanes of at least 4 members (excludes halogenated alkanes) is 9. The Balaban J connectivity index is 1.22. The van der Waals surface area contributed by atoms with E-state index in [1.807, 2.05) is 54.6 Å². The Kier molecular flexibility index (Phi) is 12.0. The topological polar surface area (TPSA) is 116 Å². The summed E-state index contributed by atoms with van der Waals surface area (Å²) in [5.74, 6) is -1.11. The predicted octanol–water partition coefficient (Wildman–Crippen LogP) is 7.12. The average Bonchev–Trinajstić information content (AvgIpc) is 3.70. The first kappa shape index (κ1) is 30.8. The van der Waals surface area contributed by atoms with Crippen LogP contribution in [0.1, 0.15) is 82.3 Å². The maximum atomic E-state index is 12.2. The Hall–Kier alpha value is -4.17. The van der Waals surface area contributed by atoms with Crippen molar-refractivity contribution < 1.29 is 19.5 Å². The van der Waals surface area contributed by atoms with Crippen LogP contribution in [-0.2, 0) is 14.4 Å². The number of aliphatic carboxylic acids is 1. The number of nitrogens with zero attached hydrogens (tertiary/aromatic N) is 1. The van der Waals surface area contributed by atoms with Crippen molar-refractivity contribution in [2.75, 3.05) is 6.54 Å². The molecule has 1 aromatic heterocycles. The number of aromatic amines is 1. The van der Waals surface area contributed by atoms with E-state index in [4.69, 9.17) is 9.94 Å². The standard InChI is InChI=1S/C34H42N4O4/c1-2-3-4-5-6-7-8-9-10-11-22-35-31(39)21-14-25-12-15-27(16-13-25)32-33(37-24-36-32)28-19-17-26(18-20-28)29-23-30(34(40)41)42-38-29/h12-21,23-24,30,38H,2-11,22H2,1H3,(H,35,39)(H,36,37)(H,40,41). The van der Waals surface area contributed by atoms with Gasteiger partial charge in [0.2, 0.25) is 12.0 Å². The molecule has 0 aliphatic carbocycles. The number of nitrogens with one attached hydrogen (secondary N) is 3. The van der Waals surface area contributed by atoms with Gasteiger partial charge in [0, 0.05) is 23.7 Å². The van der Waals surface area contributed by atoms with Crippen LogP contribution in [0.4, 0.5) is 0 Å². The van der Waals surface area contributed by atoms with Crippen molar-refractivity contribution in [2.45, 2.75) is 77.2 Å². The fourth-order valence-corrected chi connectivity index (χ4v) is 4.98. The van der Waals surface area contributed by atoms with Gasteiger partial charge in [-0.1, -0.05) is 113 Å². The van der Waals surface area contributed by atoms with Crippen molar-refractivity contribution in [3.05, 3.63) is 78.1 Å². The van der Waals surface area contributed by atoms with Crippen molar-refractivity contribution >= 4 is 23.6 Å². The predicted molar refractivity (Wildman–Crippen MR) is 167 cm³/mol. The Morgan fingerprint density at radius 1 is 0.881 bits per heavy atom. The number of hydrogen-bond acceptors (Lipinski definition) is 5. The summed E-state index contributed by atoms with van der Waals surface area (Å²) >= 11 is 0. The summed E-state index contributed by atoms with van der Waals surface area (Å²) in [4.78, 5) is 36.2. The summed E-state index contributed by atoms with van der Waals surface area (Å²) in [6, 6.07) is 15.6. The lowest BCUT2D eigenvalue weighted by Gasteiger charge is -2.07. The van der Waals surface area contributed by atoms with Gasteiger partial charge in [-0.25, -0.2) is 9.78 Å². The first-order valence-electron chi connectivity index (χ1n) is 15.1. The number of H-pyrrole nitrogens is 1. The third kappa shape index (κ3) is 9.17. The van der Waals surface area contributed by atoms with Crippen molar-refractivity contribution in [1.29, 1.82) is 0 Å². The Labute approximate surface area is 248 Å². The lowest BCUT2D eigenvalue weighted by Crippen LogP contribution is -2.21. The van der Waals surface area contributed by atoms with Crippen LogP contribution in [0.5, 0.6) is 0 Å². The maximum absolute atomic E-state index is 12.2. The molecule has 2 aromatic carbocycles. The summed E-state index contributed by atoms with van der Waals surface area (Å²) in [6.07, 6.45) is 18.4. The molecule has 222 valence electrons. The van der Waals surface area contributed by atoms with Crippen LogP contribution in [0, 0.1) is 0 Å². The number of benzene rings is 2. The average molecular weight is 571 g/mol. The number of imidazole rings is 1. The van der Waals surface area contributed by atoms with E-state index in [0.29, 0.717) is 12.2 Å². The highest BCUT2D eigenvalue weighted by molar-refractivity contribution is 5.91. The van der Waals surface area contributed by atoms with E-state index >= 15 is 0 Å². The van der Waals surface area contributed by atoms with Gasteiger partial charge in [-0.2, -0.15) is 0 Å². The second-order valence-corrected chi connectivity index (χ2v) is 10.7. The fraction of sp³-hybridized carbons (Fsp3) is 0.382. The van der Waals surface area contributed by atoms with Crippen LogP contribution in [0.15, 0.2) is 67.0 Å². The SMILES string of the molecule is CCCCCCCCCCCCNC(=O)C=Cc1ccc(-c2[nH]cnc2-c2ccc(C3=CC(C(=O)O)ON3)cc2)cc1. The highest BCUT2D eigenvalue weighted by Crippen LogP contribution is 2.30. The van der Waals surface area contributed by atoms with E-state index in [1.54, 1.807) is 12.4 Å². The minimum absolute atomic E-state index is 0.0667. The van der Waals surface area contributed by atoms with Crippen LogP contribution < -0.4 is 10.8 Å². The van der Waals surface area contributed by atoms with E-state index in [-0.39, 0.29) is 5.91 Å². The monoisotopic (exact) mass is 570 g/mol. The van der Waals surface area contributed by atoms with Gasteiger partial charge in [0.25, 0.3) is 0 Å². The summed E-state index contributed by atoms with van der Waals surface area (Å²) in [5.41, 5.74) is 8.66. The van der Waals surface area contributed by atoms with Crippen LogP contribution >= 0.6 is 0 Å². The molecular weight excluding hydrogens is 528 g/mol. The highest BCUT2D eigenvalue weighted by Gasteiger charge is 2.23. The molecule has 4 N–H and O–H groups in total. The molecule has 0 spiro atoms. The molecule has 3 aromatic rings. The highest BCUT2D eigenvalue weighted by atomic mass is 16.7. The zero-order valence-corrected chi connectivity index (χ0v) is 24.4. The third-order valence-corrected chi connectivity index (χ3v) is 7.42. The first-order valence-corrected chi connectivity index (χ1v) is 15.1. The Morgan fingerprint density at radius 3 is 2.14 bits per heavy atom. The van der Waals surface area contributed by atoms with Crippen molar-refractivity contribution in [3.63, 3.8) is 0 Å². The quantitative estimate of drug-likeness (QED) is 0.101. The maximum Gasteiger partial charge on any atom is 0.339 e. The van der Waals surface area contributed by atoms with Gasteiger partial charge in [-0.3, -0.25) is 15.1 Å². The van der Waals surface area contributed by atoms with Crippen LogP contribution in [0.2, 0.25) is 0 Å². The van der Waals surface area contributed by atoms with E-state index in [1.165, 1.54) is 57.4 Å². The molecule has 2 heterocycles. The number of amides is 1. The molecule has 4 rings (SSSR count). The van der Waals surface area contributed by atoms with Crippen molar-refractivity contribution in [3.8, 4) is 22.5 Å². The molecule has 42 heavy (non-hydrogen) atoms. The molecule has 1 atom stereocenters. The Bertz CT molecular complexity index is 1340. The molecule has 0 bridgehead atoms. The van der Waals surface area contributed by atoms with Crippen molar-refractivity contribution in [1.82, 2.24) is 20.8 Å². The lowest BCUT2D eigenvalue weighted by atomic mass is 10.0. The molecule has 0 saturated heterocycles. The molecule has 0 saturated carbocycles. The minimum atomic E-state index is -1.04. The first-order chi connectivity index (χ1) is 20.5. The minimum Gasteiger partial charge on any atom is -0.479 e. The van der Waals surface area contributed by atoms with Gasteiger partial charge >= 0.3 is 5.97 Å². The van der Waals surface area contributed by atoms with Gasteiger partial charge in [0.05, 0.1) is 23.4 Å². The molecule has 0 radical (unpaired) electrons. The second kappa shape index (κ2) is 16.3. The number of aromatic nitrogens is 2. The van der Waals surface area contributed by atoms with E-state index in [0.717, 1.165) is 46.5 Å². The normalized spacial score (nSPS) is 14.6. The van der Waals surface area contributed by atoms with E-state index < -0.39 is 12.1 Å². The molecule has 8 heteroatoms. The summed E-state index contributed by atoms with van der Waals surface area (Å²) in [7, 11) is 0. The number of rotatable bonds is 17. The molecule has 1 aliphatic heterocycles. The zero-order valence-electron chi connectivity index (χ0n) is 24.4. The van der Waals surface area contributed by atoms with Crippen LogP contribution in [-0.4, -0.2) is 39.6 Å². The number of hydroxylamine groups is 1. The van der Waals surface area contributed by atoms with Gasteiger partial charge in [0.1, 0.15) is 0 Å². The van der Waals surface area contributed by atoms with Crippen LogP contribution in [0.25, 0.3) is 34.3 Å². The molecule has 0 fully saturated rings. The molecule has 1 aliphatic rings. The number of carboxylic acid groups (broad SMARTS) is 1. The number of carboxylic acids is 1. The summed E-state index contributed by atoms with van der Waals surface area (Å²) in [5, 5.41) is 12.1. The van der Waals surface area contributed by atoms with Crippen LogP contribution in [0.3, 0.4) is 0 Å². The number of carbonyl (C=O) groups is 2. The number of carbonyl (C=O) groups excluding carboxylic acids is 1. The Morgan fingerprint density at radius 2 is 1.50 bits per heavy atom. The third-order valence-electron chi connectivity index (χ3n) is 7.42. The molecule has 1 unspecified atom stereocenters. The van der Waals surface area contributed by atoms with Gasteiger partial charge < -0.3 is 15.4 Å². The van der Waals surface area contributed by atoms with Crippen molar-refractivity contribution in [2.24, 2.45) is 0 Å². The largest absolute Gasteiger partial charge is 0.479 e. The second-order valence-electron chi connectivity index (χ2n) is 10.7. The lowest BCUT2D eigenvalue weighted by molar-refractivity contribution is -0.148. The molecule has 1 amide bonds. The van der Waals surface area contributed by atoms with E-state index in [9.17, 15) is 9.59 Å². The van der Waals surface area contributed by atoms with Gasteiger partial charge in [0.15, 0.2) is 0 Å². The summed E-state index contributed by atoms with van der Waals surface area (Å²) in [6.45, 7) is 2.97. The fourth-order valence-electron chi connectivity index (χ4n) is 4.98. The number of hydrogen-bond donors (Lipinski definition) is 4. The van der Waals surface area contributed by atoms with Gasteiger partial charge in [-0.05, 0) is 29.7 Å².